The van der Waals surface area contributed by atoms with E-state index in [0.717, 1.165) is 30.6 Å². The van der Waals surface area contributed by atoms with Crippen molar-refractivity contribution in [2.24, 2.45) is 11.8 Å². The van der Waals surface area contributed by atoms with Gasteiger partial charge in [-0.25, -0.2) is 4.79 Å². The number of piperidine rings is 1. The number of carboxylic acid groups (broad SMARTS) is 1. The minimum Gasteiger partial charge on any atom is -0.508 e. The van der Waals surface area contributed by atoms with Crippen LogP contribution in [0.3, 0.4) is 0 Å². The number of phenols is 1. The maximum Gasteiger partial charge on any atom is 0.330 e. The van der Waals surface area contributed by atoms with Gasteiger partial charge < -0.3 is 20.4 Å². The molecule has 4 rings (SSSR count). The molecule has 0 spiro atoms. The van der Waals surface area contributed by atoms with Crippen LogP contribution >= 0.6 is 0 Å². The molecule has 0 saturated carbocycles. The van der Waals surface area contributed by atoms with Crippen molar-refractivity contribution in [2.75, 3.05) is 19.6 Å². The lowest BCUT2D eigenvalue weighted by atomic mass is 9.68. The van der Waals surface area contributed by atoms with E-state index in [-0.39, 0.29) is 17.1 Å². The summed E-state index contributed by atoms with van der Waals surface area (Å²) in [6.07, 6.45) is 1.43. The van der Waals surface area contributed by atoms with Gasteiger partial charge in [0, 0.05) is 13.1 Å². The Kier molecular flexibility index (Phi) is 8.29. The van der Waals surface area contributed by atoms with Crippen molar-refractivity contribution in [2.45, 2.75) is 38.1 Å². The topological polar surface area (TPSA) is 89.9 Å². The van der Waals surface area contributed by atoms with Crippen molar-refractivity contribution >= 4 is 11.9 Å². The number of nitrogens with one attached hydrogen (secondary N) is 1. The smallest absolute Gasteiger partial charge is 0.330 e. The lowest BCUT2D eigenvalue weighted by molar-refractivity contribution is -0.142. The lowest BCUT2D eigenvalue weighted by Crippen LogP contribution is -2.50. The molecule has 1 amide bonds. The number of aromatic hydroxyl groups is 1. The first-order valence-electron chi connectivity index (χ1n) is 12.9. The third kappa shape index (κ3) is 6.38. The molecular formula is C31H36N2O4. The SMILES string of the molecule is C[C@H]1CN(C[C@H](Cc2ccccc2)C(=O)N[C@H](C(=O)O)c2ccccc2)CC[C@@]1(C)c1cccc(O)c1. The van der Waals surface area contributed by atoms with E-state index in [1.165, 1.54) is 0 Å². The predicted octanol–water partition coefficient (Wildman–Crippen LogP) is 4.79. The van der Waals surface area contributed by atoms with E-state index in [1.54, 1.807) is 30.3 Å². The number of hydrogen-bond donors (Lipinski definition) is 3. The molecule has 4 atom stereocenters. The Hall–Kier alpha value is -3.64. The van der Waals surface area contributed by atoms with Crippen molar-refractivity contribution in [3.8, 4) is 5.75 Å². The van der Waals surface area contributed by atoms with Gasteiger partial charge in [-0.3, -0.25) is 4.79 Å². The molecule has 1 aliphatic heterocycles. The minimum atomic E-state index is -1.10. The summed E-state index contributed by atoms with van der Waals surface area (Å²) in [7, 11) is 0. The molecule has 0 aromatic heterocycles. The van der Waals surface area contributed by atoms with Gasteiger partial charge in [0.15, 0.2) is 6.04 Å². The molecular weight excluding hydrogens is 464 g/mol. The Morgan fingerprint density at radius 1 is 1.03 bits per heavy atom. The zero-order valence-electron chi connectivity index (χ0n) is 21.5. The fraction of sp³-hybridized carbons (Fsp3) is 0.355. The van der Waals surface area contributed by atoms with Crippen LogP contribution in [0.2, 0.25) is 0 Å². The maximum atomic E-state index is 13.5. The van der Waals surface area contributed by atoms with Gasteiger partial charge in [0.05, 0.1) is 5.92 Å². The van der Waals surface area contributed by atoms with Crippen molar-refractivity contribution < 1.29 is 19.8 Å². The number of carboxylic acids is 1. The Labute approximate surface area is 219 Å². The summed E-state index contributed by atoms with van der Waals surface area (Å²) in [5, 5.41) is 22.7. The van der Waals surface area contributed by atoms with Gasteiger partial charge in [-0.05, 0) is 59.5 Å². The Balaban J connectivity index is 1.50. The van der Waals surface area contributed by atoms with Crippen LogP contribution in [0, 0.1) is 11.8 Å². The number of rotatable bonds is 9. The van der Waals surface area contributed by atoms with Crippen LogP contribution in [0.1, 0.15) is 43.0 Å². The molecule has 3 aromatic rings. The number of benzene rings is 3. The van der Waals surface area contributed by atoms with Crippen molar-refractivity contribution in [1.82, 2.24) is 10.2 Å². The molecule has 1 saturated heterocycles. The molecule has 1 fully saturated rings. The van der Waals surface area contributed by atoms with Gasteiger partial charge in [-0.15, -0.1) is 0 Å². The zero-order valence-corrected chi connectivity index (χ0v) is 21.5. The van der Waals surface area contributed by atoms with Crippen molar-refractivity contribution in [3.05, 3.63) is 102 Å². The summed E-state index contributed by atoms with van der Waals surface area (Å²) in [6.45, 7) is 6.64. The third-order valence-corrected chi connectivity index (χ3v) is 7.91. The van der Waals surface area contributed by atoms with E-state index in [0.29, 0.717) is 24.4 Å². The second-order valence-corrected chi connectivity index (χ2v) is 10.5. The normalized spacial score (nSPS) is 21.6. The lowest BCUT2D eigenvalue weighted by Gasteiger charge is -2.45. The molecule has 37 heavy (non-hydrogen) atoms. The van der Waals surface area contributed by atoms with Crippen LogP contribution in [-0.2, 0) is 21.4 Å². The number of amides is 1. The van der Waals surface area contributed by atoms with E-state index >= 15 is 0 Å². The van der Waals surface area contributed by atoms with Crippen LogP contribution in [-0.4, -0.2) is 46.6 Å². The van der Waals surface area contributed by atoms with E-state index in [1.807, 2.05) is 48.5 Å². The second kappa shape index (κ2) is 11.6. The summed E-state index contributed by atoms with van der Waals surface area (Å²) in [4.78, 5) is 27.9. The number of phenolic OH excluding ortho intramolecular Hbond substituents is 1. The highest BCUT2D eigenvalue weighted by Gasteiger charge is 2.39. The number of aliphatic carboxylic acids is 1. The van der Waals surface area contributed by atoms with Gasteiger partial charge in [0.1, 0.15) is 5.75 Å². The Morgan fingerprint density at radius 2 is 1.70 bits per heavy atom. The molecule has 0 unspecified atom stereocenters. The largest absolute Gasteiger partial charge is 0.508 e. The quantitative estimate of drug-likeness (QED) is 0.393. The van der Waals surface area contributed by atoms with Gasteiger partial charge in [0.25, 0.3) is 0 Å². The summed E-state index contributed by atoms with van der Waals surface area (Å²) in [5.41, 5.74) is 2.65. The molecule has 194 valence electrons. The molecule has 1 heterocycles. The number of hydrogen-bond acceptors (Lipinski definition) is 4. The summed E-state index contributed by atoms with van der Waals surface area (Å²) in [6, 6.07) is 25.1. The van der Waals surface area contributed by atoms with Gasteiger partial charge in [-0.2, -0.15) is 0 Å². The summed E-state index contributed by atoms with van der Waals surface area (Å²) < 4.78 is 0. The third-order valence-electron chi connectivity index (χ3n) is 7.91. The number of carbonyl (C=O) groups is 2. The highest BCUT2D eigenvalue weighted by atomic mass is 16.4. The summed E-state index contributed by atoms with van der Waals surface area (Å²) in [5.74, 6) is -1.15. The minimum absolute atomic E-state index is 0.0753. The van der Waals surface area contributed by atoms with Crippen LogP contribution in [0.15, 0.2) is 84.9 Å². The average molecular weight is 501 g/mol. The Bertz CT molecular complexity index is 1200. The van der Waals surface area contributed by atoms with E-state index in [2.05, 4.69) is 30.1 Å². The van der Waals surface area contributed by atoms with E-state index < -0.39 is 17.9 Å². The monoisotopic (exact) mass is 500 g/mol. The molecule has 0 aliphatic carbocycles. The zero-order chi connectivity index (χ0) is 26.4. The highest BCUT2D eigenvalue weighted by molar-refractivity contribution is 5.86. The van der Waals surface area contributed by atoms with Crippen LogP contribution in [0.25, 0.3) is 0 Å². The van der Waals surface area contributed by atoms with E-state index in [9.17, 15) is 19.8 Å². The van der Waals surface area contributed by atoms with Gasteiger partial charge in [-0.1, -0.05) is 86.6 Å². The number of carbonyl (C=O) groups excluding carboxylic acids is 1. The first-order valence-corrected chi connectivity index (χ1v) is 12.9. The summed E-state index contributed by atoms with van der Waals surface area (Å²) >= 11 is 0. The molecule has 6 nitrogen and oxygen atoms in total. The fourth-order valence-electron chi connectivity index (χ4n) is 5.42. The van der Waals surface area contributed by atoms with Crippen LogP contribution in [0.4, 0.5) is 0 Å². The van der Waals surface area contributed by atoms with Crippen LogP contribution in [0.5, 0.6) is 5.75 Å². The van der Waals surface area contributed by atoms with Crippen LogP contribution < -0.4 is 5.32 Å². The molecule has 0 bridgehead atoms. The molecule has 3 aromatic carbocycles. The van der Waals surface area contributed by atoms with Crippen molar-refractivity contribution in [3.63, 3.8) is 0 Å². The predicted molar refractivity (Wildman–Crippen MR) is 144 cm³/mol. The molecule has 1 aliphatic rings. The fourth-order valence-corrected chi connectivity index (χ4v) is 5.42. The van der Waals surface area contributed by atoms with Gasteiger partial charge >= 0.3 is 5.97 Å². The molecule has 0 radical (unpaired) electrons. The first-order chi connectivity index (χ1) is 17.8. The van der Waals surface area contributed by atoms with Gasteiger partial charge in [0.2, 0.25) is 5.91 Å². The number of likely N-dealkylation sites (tertiary alicyclic amines) is 1. The van der Waals surface area contributed by atoms with Crippen molar-refractivity contribution in [1.29, 1.82) is 0 Å². The maximum absolute atomic E-state index is 13.5. The molecule has 3 N–H and O–H groups in total. The highest BCUT2D eigenvalue weighted by Crippen LogP contribution is 2.40. The Morgan fingerprint density at radius 3 is 2.32 bits per heavy atom. The molecule has 6 heteroatoms. The standard InChI is InChI=1S/C31H36N2O4/c1-22-20-33(17-16-31(22,2)26-14-9-15-27(34)19-26)21-25(18-23-10-5-3-6-11-23)29(35)32-28(30(36)37)24-12-7-4-8-13-24/h3-15,19,22,25,28,34H,16-18,20-21H2,1-2H3,(H,32,35)(H,36,37)/t22-,25-,28-,31+/m0/s1. The van der Waals surface area contributed by atoms with E-state index in [4.69, 9.17) is 0 Å². The second-order valence-electron chi connectivity index (χ2n) is 10.5. The first kappa shape index (κ1) is 26.4. The number of nitrogens with zero attached hydrogens (tertiary/aromatic N) is 1. The average Bonchev–Trinajstić information content (AvgIpc) is 2.90.